The van der Waals surface area contributed by atoms with Crippen molar-refractivity contribution in [3.63, 3.8) is 0 Å². The molecule has 0 N–H and O–H groups in total. The highest BCUT2D eigenvalue weighted by atomic mass is 28.3. The number of unbranched alkanes of at least 4 members (excludes halogenated alkanes) is 18. The van der Waals surface area contributed by atoms with Crippen LogP contribution >= 0.6 is 0 Å². The zero-order valence-electron chi connectivity index (χ0n) is 39.8. The van der Waals surface area contributed by atoms with Crippen LogP contribution in [0.5, 0.6) is 0 Å². The van der Waals surface area contributed by atoms with Gasteiger partial charge in [0.05, 0.1) is 23.3 Å². The van der Waals surface area contributed by atoms with Gasteiger partial charge in [0.25, 0.3) is 0 Å². The summed E-state index contributed by atoms with van der Waals surface area (Å²) in [5.41, 5.74) is 1.98. The fourth-order valence-electron chi connectivity index (χ4n) is 9.17. The van der Waals surface area contributed by atoms with E-state index in [4.69, 9.17) is 18.3 Å². The molecule has 0 radical (unpaired) electrons. The lowest BCUT2D eigenvalue weighted by Crippen LogP contribution is -2.44. The number of esters is 2. The summed E-state index contributed by atoms with van der Waals surface area (Å²) in [6.07, 6.45) is 30.9. The number of hydrogen-bond donors (Lipinski definition) is 0. The first kappa shape index (κ1) is 53.1. The molecule has 2 unspecified atom stereocenters. The van der Waals surface area contributed by atoms with Crippen LogP contribution in [-0.4, -0.2) is 28.1 Å². The van der Waals surface area contributed by atoms with Crippen LogP contribution in [0, 0.1) is 0 Å². The van der Waals surface area contributed by atoms with Crippen LogP contribution in [0.25, 0.3) is 0 Å². The third kappa shape index (κ3) is 19.3. The predicted molar refractivity (Wildman–Crippen MR) is 256 cm³/mol. The summed E-state index contributed by atoms with van der Waals surface area (Å²) in [4.78, 5) is 26.8. The van der Waals surface area contributed by atoms with Crippen molar-refractivity contribution in [1.82, 2.24) is 0 Å². The summed E-state index contributed by atoms with van der Waals surface area (Å²) in [5.74, 6) is -0.493. The van der Waals surface area contributed by atoms with Crippen LogP contribution in [0.4, 0.5) is 0 Å². The number of hydrogen-bond acceptors (Lipinski definition) is 6. The Morgan fingerprint density at radius 3 is 1.02 bits per heavy atom. The number of carbonyl (C=O) groups excluding carboxylic acids is 2. The van der Waals surface area contributed by atoms with Crippen LogP contribution in [0.15, 0.2) is 33.5 Å². The molecule has 2 rings (SSSR count). The molecule has 0 aliphatic heterocycles. The van der Waals surface area contributed by atoms with Crippen LogP contribution < -0.4 is 10.8 Å². The molecule has 0 fully saturated rings. The molecule has 0 saturated heterocycles. The van der Waals surface area contributed by atoms with E-state index in [0.29, 0.717) is 6.42 Å². The van der Waals surface area contributed by atoms with Gasteiger partial charge in [0.2, 0.25) is 0 Å². The van der Waals surface area contributed by atoms with Crippen molar-refractivity contribution in [3.05, 3.63) is 35.8 Å². The van der Waals surface area contributed by atoms with Gasteiger partial charge in [-0.2, -0.15) is 0 Å². The average Bonchev–Trinajstić information content (AvgIpc) is 3.95. The molecular formula is C51H92O6Si2. The lowest BCUT2D eigenvalue weighted by molar-refractivity contribution is -0.151. The van der Waals surface area contributed by atoms with Crippen LogP contribution in [0.1, 0.15) is 239 Å². The second kappa shape index (κ2) is 31.7. The number of ether oxygens (including phenoxy) is 2. The first-order valence-corrected chi connectivity index (χ1v) is 30.5. The summed E-state index contributed by atoms with van der Waals surface area (Å²) in [6.45, 7) is 18.3. The van der Waals surface area contributed by atoms with E-state index >= 15 is 0 Å². The van der Waals surface area contributed by atoms with E-state index in [9.17, 15) is 9.59 Å². The molecule has 2 aromatic heterocycles. The van der Waals surface area contributed by atoms with Gasteiger partial charge in [-0.15, -0.1) is 0 Å². The minimum absolute atomic E-state index is 0.197. The zero-order valence-corrected chi connectivity index (χ0v) is 41.8. The highest BCUT2D eigenvalue weighted by molar-refractivity contribution is 6.91. The van der Waals surface area contributed by atoms with E-state index < -0.39 is 16.1 Å². The van der Waals surface area contributed by atoms with Gasteiger partial charge in [0, 0.05) is 24.0 Å². The van der Waals surface area contributed by atoms with Gasteiger partial charge < -0.3 is 18.3 Å². The number of rotatable bonds is 38. The van der Waals surface area contributed by atoms with Crippen LogP contribution in [-0.2, 0) is 19.1 Å². The van der Waals surface area contributed by atoms with Crippen molar-refractivity contribution in [2.75, 3.05) is 0 Å². The highest BCUT2D eigenvalue weighted by Gasteiger charge is 2.35. The maximum atomic E-state index is 13.4. The molecule has 6 nitrogen and oxygen atoms in total. The summed E-state index contributed by atoms with van der Waals surface area (Å²) in [5, 5.41) is 2.27. The summed E-state index contributed by atoms with van der Waals surface area (Å²) in [6, 6.07) is 11.3. The molecule has 0 aromatic carbocycles. The Bertz CT molecular complexity index is 1220. The van der Waals surface area contributed by atoms with E-state index in [-0.39, 0.29) is 37.0 Å². The molecule has 0 bridgehead atoms. The second-order valence-electron chi connectivity index (χ2n) is 17.9. The third-order valence-corrected chi connectivity index (χ3v) is 24.8. The number of carbonyl (C=O) groups is 2. The third-order valence-electron chi connectivity index (χ3n) is 14.0. The minimum atomic E-state index is -1.69. The van der Waals surface area contributed by atoms with Gasteiger partial charge in [-0.3, -0.25) is 9.59 Å². The molecular weight excluding hydrogens is 765 g/mol. The molecule has 0 spiro atoms. The van der Waals surface area contributed by atoms with Gasteiger partial charge in [-0.25, -0.2) is 0 Å². The van der Waals surface area contributed by atoms with E-state index in [1.807, 2.05) is 12.5 Å². The van der Waals surface area contributed by atoms with Gasteiger partial charge in [-0.1, -0.05) is 207 Å². The molecule has 2 heterocycles. The van der Waals surface area contributed by atoms with Crippen molar-refractivity contribution >= 4 is 38.9 Å². The van der Waals surface area contributed by atoms with Crippen molar-refractivity contribution < 1.29 is 27.9 Å². The van der Waals surface area contributed by atoms with Gasteiger partial charge >= 0.3 is 11.9 Å². The Morgan fingerprint density at radius 1 is 0.441 bits per heavy atom. The van der Waals surface area contributed by atoms with Gasteiger partial charge in [0.15, 0.2) is 0 Å². The van der Waals surface area contributed by atoms with Crippen molar-refractivity contribution in [2.24, 2.45) is 0 Å². The minimum Gasteiger partial charge on any atom is -0.474 e. The molecule has 2 atom stereocenters. The fraction of sp³-hybridized carbons (Fsp3) is 0.804. The summed E-state index contributed by atoms with van der Waals surface area (Å²) >= 11 is 0. The van der Waals surface area contributed by atoms with E-state index in [1.165, 1.54) is 103 Å². The van der Waals surface area contributed by atoms with Crippen molar-refractivity contribution in [1.29, 1.82) is 0 Å². The number of furan rings is 2. The average molecular weight is 857 g/mol. The van der Waals surface area contributed by atoms with E-state index in [1.54, 1.807) is 0 Å². The quantitative estimate of drug-likeness (QED) is 0.0380. The molecule has 8 heteroatoms. The SMILES string of the molecule is CCCCCCCCCCCCC(OC(=O)CCCC(=O)OC(CCCCCCCCCCCC)c1coc([Si](CC)(CC)CC)c1)c1coc([Si](CC)(CC)CC)c1. The van der Waals surface area contributed by atoms with Gasteiger partial charge in [-0.05, 0) is 44.2 Å². The van der Waals surface area contributed by atoms with Crippen LogP contribution in [0.2, 0.25) is 36.3 Å². The van der Waals surface area contributed by atoms with E-state index in [2.05, 4.69) is 67.5 Å². The molecule has 59 heavy (non-hydrogen) atoms. The second-order valence-corrected chi connectivity index (χ2v) is 28.3. The monoisotopic (exact) mass is 857 g/mol. The first-order chi connectivity index (χ1) is 28.7. The van der Waals surface area contributed by atoms with Gasteiger partial charge in [0.1, 0.15) is 28.4 Å². The summed E-state index contributed by atoms with van der Waals surface area (Å²) < 4.78 is 25.0. The Balaban J connectivity index is 2.00. The lowest BCUT2D eigenvalue weighted by Gasteiger charge is -2.25. The lowest BCUT2D eigenvalue weighted by atomic mass is 10.0. The van der Waals surface area contributed by atoms with Crippen molar-refractivity contribution in [2.45, 2.75) is 264 Å². The smallest absolute Gasteiger partial charge is 0.306 e. The highest BCUT2D eigenvalue weighted by Crippen LogP contribution is 2.31. The van der Waals surface area contributed by atoms with Crippen molar-refractivity contribution in [3.8, 4) is 0 Å². The fourth-order valence-corrected chi connectivity index (χ4v) is 15.8. The zero-order chi connectivity index (χ0) is 43.2. The Labute approximate surface area is 365 Å². The molecule has 0 amide bonds. The normalized spacial score (nSPS) is 13.2. The molecule has 0 aliphatic rings. The molecule has 0 aliphatic carbocycles. The Kier molecular flexibility index (Phi) is 28.5. The maximum absolute atomic E-state index is 13.4. The Hall–Kier alpha value is -2.07. The predicted octanol–water partition coefficient (Wildman–Crippen LogP) is 16.0. The first-order valence-electron chi connectivity index (χ1n) is 25.3. The molecule has 2 aromatic rings. The summed E-state index contributed by atoms with van der Waals surface area (Å²) in [7, 11) is -3.39. The molecule has 340 valence electrons. The van der Waals surface area contributed by atoms with Crippen LogP contribution in [0.3, 0.4) is 0 Å². The standard InChI is InChI=1S/C51H92O6Si2/c1-9-17-19-21-23-25-27-29-31-33-36-46(44-40-50(54-42-44)58(11-3,12-4)13-5)56-48(52)38-35-39-49(53)57-47(37-34-32-30-28-26-24-22-20-18-10-2)45-41-51(55-43-45)59(14-6,15-7)16-8/h40-43,46-47H,9-39H2,1-8H3. The maximum Gasteiger partial charge on any atom is 0.306 e. The Morgan fingerprint density at radius 2 is 0.729 bits per heavy atom. The molecule has 0 saturated carbocycles. The largest absolute Gasteiger partial charge is 0.474 e. The topological polar surface area (TPSA) is 78.9 Å². The van der Waals surface area contributed by atoms with E-state index in [0.717, 1.165) is 96.7 Å².